The van der Waals surface area contributed by atoms with Gasteiger partial charge in [-0.1, -0.05) is 0 Å². The van der Waals surface area contributed by atoms with Crippen LogP contribution in [0, 0.1) is 0 Å². The van der Waals surface area contributed by atoms with Gasteiger partial charge in [0.05, 0.1) is 11.3 Å². The largest absolute Gasteiger partial charge is 0.478 e. The molecule has 1 aromatic rings. The number of aromatic nitrogens is 1. The molecule has 1 aliphatic heterocycles. The number of nitrogens with zero attached hydrogens (tertiary/aromatic N) is 1. The summed E-state index contributed by atoms with van der Waals surface area (Å²) in [7, 11) is 0. The maximum absolute atomic E-state index is 10.9. The number of carboxylic acids is 1. The maximum atomic E-state index is 10.9. The Bertz CT molecular complexity index is 419. The Morgan fingerprint density at radius 1 is 1.53 bits per heavy atom. The van der Waals surface area contributed by atoms with Gasteiger partial charge in [0.15, 0.2) is 0 Å². The van der Waals surface area contributed by atoms with Gasteiger partial charge >= 0.3 is 5.97 Å². The van der Waals surface area contributed by atoms with Crippen LogP contribution in [-0.2, 0) is 4.74 Å². The van der Waals surface area contributed by atoms with E-state index in [-0.39, 0.29) is 11.3 Å². The van der Waals surface area contributed by atoms with Gasteiger partial charge in [-0.25, -0.2) is 9.78 Å². The predicted molar refractivity (Wildman–Crippen MR) is 65.3 cm³/mol. The molecule has 0 aliphatic carbocycles. The molecule has 2 rings (SSSR count). The first-order valence-electron chi connectivity index (χ1n) is 5.40. The molecular formula is C11H14N2O3S. The van der Waals surface area contributed by atoms with E-state index < -0.39 is 5.97 Å². The molecule has 0 saturated carbocycles. The minimum absolute atomic E-state index is 0.120. The Morgan fingerprint density at radius 2 is 2.24 bits per heavy atom. The van der Waals surface area contributed by atoms with Gasteiger partial charge in [-0.3, -0.25) is 0 Å². The Hall–Kier alpha value is -1.27. The van der Waals surface area contributed by atoms with E-state index in [1.807, 2.05) is 0 Å². The molecule has 17 heavy (non-hydrogen) atoms. The zero-order valence-corrected chi connectivity index (χ0v) is 10.1. The van der Waals surface area contributed by atoms with Gasteiger partial charge in [0.1, 0.15) is 5.03 Å². The van der Waals surface area contributed by atoms with E-state index in [1.165, 1.54) is 12.3 Å². The molecule has 1 fully saturated rings. The molecule has 5 nitrogen and oxygen atoms in total. The number of thioether (sulfide) groups is 1. The van der Waals surface area contributed by atoms with E-state index in [0.717, 1.165) is 26.1 Å². The molecule has 2 heterocycles. The normalized spacial score (nSPS) is 16.9. The van der Waals surface area contributed by atoms with Crippen LogP contribution in [0.3, 0.4) is 0 Å². The fourth-order valence-corrected chi connectivity index (χ4v) is 2.79. The van der Waals surface area contributed by atoms with Crippen molar-refractivity contribution < 1.29 is 14.6 Å². The van der Waals surface area contributed by atoms with Crippen molar-refractivity contribution in [3.63, 3.8) is 0 Å². The Labute approximate surface area is 103 Å². The highest BCUT2D eigenvalue weighted by Gasteiger charge is 2.19. The third-order valence-corrected chi connectivity index (χ3v) is 3.98. The standard InChI is InChI=1S/C11H14N2O3S/c12-9-8(11(14)15)1-4-13-10(9)17-7-2-5-16-6-3-7/h1,4,7H,2-3,5-6,12H2,(H,14,15). The lowest BCUT2D eigenvalue weighted by Gasteiger charge is -2.21. The van der Waals surface area contributed by atoms with E-state index >= 15 is 0 Å². The zero-order valence-electron chi connectivity index (χ0n) is 9.26. The van der Waals surface area contributed by atoms with Gasteiger partial charge in [0.25, 0.3) is 0 Å². The van der Waals surface area contributed by atoms with Crippen LogP contribution in [-0.4, -0.2) is 34.5 Å². The van der Waals surface area contributed by atoms with Crippen LogP contribution in [0.2, 0.25) is 0 Å². The topological polar surface area (TPSA) is 85.4 Å². The van der Waals surface area contributed by atoms with Gasteiger partial charge in [-0.15, -0.1) is 11.8 Å². The van der Waals surface area contributed by atoms with Crippen molar-refractivity contribution in [3.8, 4) is 0 Å². The number of carboxylic acid groups (broad SMARTS) is 1. The highest BCUT2D eigenvalue weighted by molar-refractivity contribution is 8.00. The second kappa shape index (κ2) is 5.37. The van der Waals surface area contributed by atoms with E-state index in [1.54, 1.807) is 11.8 Å². The number of rotatable bonds is 3. The lowest BCUT2D eigenvalue weighted by Crippen LogP contribution is -2.18. The van der Waals surface area contributed by atoms with Gasteiger partial charge in [0, 0.05) is 24.7 Å². The number of nitrogen functional groups attached to an aromatic ring is 1. The van der Waals surface area contributed by atoms with E-state index in [4.69, 9.17) is 15.6 Å². The molecular weight excluding hydrogens is 240 g/mol. The molecule has 0 unspecified atom stereocenters. The fraction of sp³-hybridized carbons (Fsp3) is 0.455. The molecule has 6 heteroatoms. The summed E-state index contributed by atoms with van der Waals surface area (Å²) < 4.78 is 5.27. The quantitative estimate of drug-likeness (QED) is 0.852. The van der Waals surface area contributed by atoms with Crippen molar-refractivity contribution >= 4 is 23.4 Å². The first-order chi connectivity index (χ1) is 8.18. The molecule has 0 atom stereocenters. The minimum atomic E-state index is -1.02. The lowest BCUT2D eigenvalue weighted by molar-refractivity contribution is 0.0697. The highest BCUT2D eigenvalue weighted by atomic mass is 32.2. The lowest BCUT2D eigenvalue weighted by atomic mass is 10.2. The van der Waals surface area contributed by atoms with Crippen LogP contribution in [0.4, 0.5) is 5.69 Å². The number of ether oxygens (including phenoxy) is 1. The van der Waals surface area contributed by atoms with Crippen LogP contribution in [0.15, 0.2) is 17.3 Å². The van der Waals surface area contributed by atoms with Gasteiger partial charge in [-0.05, 0) is 18.9 Å². The molecule has 0 amide bonds. The third-order valence-electron chi connectivity index (χ3n) is 2.63. The maximum Gasteiger partial charge on any atom is 0.337 e. The van der Waals surface area contributed by atoms with Gasteiger partial charge in [0.2, 0.25) is 0 Å². The summed E-state index contributed by atoms with van der Waals surface area (Å²) in [6.45, 7) is 1.49. The molecule has 1 aliphatic rings. The van der Waals surface area contributed by atoms with Crippen molar-refractivity contribution in [2.75, 3.05) is 18.9 Å². The Balaban J connectivity index is 2.15. The number of hydrogen-bond acceptors (Lipinski definition) is 5. The SMILES string of the molecule is Nc1c(C(=O)O)ccnc1SC1CCOCC1. The number of nitrogens with two attached hydrogens (primary N) is 1. The van der Waals surface area contributed by atoms with Crippen molar-refractivity contribution in [1.29, 1.82) is 0 Å². The Morgan fingerprint density at radius 3 is 2.88 bits per heavy atom. The summed E-state index contributed by atoms with van der Waals surface area (Å²) in [4.78, 5) is 15.1. The first kappa shape index (κ1) is 12.2. The number of anilines is 1. The van der Waals surface area contributed by atoms with Crippen molar-refractivity contribution in [3.05, 3.63) is 17.8 Å². The molecule has 92 valence electrons. The molecule has 0 spiro atoms. The molecule has 0 radical (unpaired) electrons. The second-order valence-corrected chi connectivity index (χ2v) is 5.10. The van der Waals surface area contributed by atoms with E-state index in [0.29, 0.717) is 10.3 Å². The van der Waals surface area contributed by atoms with Gasteiger partial charge in [-0.2, -0.15) is 0 Å². The summed E-state index contributed by atoms with van der Waals surface area (Å²) in [5, 5.41) is 9.97. The summed E-state index contributed by atoms with van der Waals surface area (Å²) in [5.41, 5.74) is 6.19. The average molecular weight is 254 g/mol. The molecule has 0 bridgehead atoms. The molecule has 0 aromatic carbocycles. The second-order valence-electron chi connectivity index (χ2n) is 3.81. The van der Waals surface area contributed by atoms with Crippen LogP contribution in [0.1, 0.15) is 23.2 Å². The monoisotopic (exact) mass is 254 g/mol. The van der Waals surface area contributed by atoms with Crippen LogP contribution < -0.4 is 5.73 Å². The van der Waals surface area contributed by atoms with Crippen molar-refractivity contribution in [2.45, 2.75) is 23.1 Å². The molecule has 3 N–H and O–H groups in total. The van der Waals surface area contributed by atoms with Crippen LogP contribution in [0.5, 0.6) is 0 Å². The number of hydrogen-bond donors (Lipinski definition) is 2. The Kier molecular flexibility index (Phi) is 3.86. The van der Waals surface area contributed by atoms with Crippen LogP contribution >= 0.6 is 11.8 Å². The summed E-state index contributed by atoms with van der Waals surface area (Å²) in [5.74, 6) is -1.02. The average Bonchev–Trinajstić information content (AvgIpc) is 2.33. The first-order valence-corrected chi connectivity index (χ1v) is 6.28. The minimum Gasteiger partial charge on any atom is -0.478 e. The molecule has 1 saturated heterocycles. The summed E-state index contributed by atoms with van der Waals surface area (Å²) >= 11 is 1.54. The number of aromatic carboxylic acids is 1. The van der Waals surface area contributed by atoms with Crippen molar-refractivity contribution in [2.24, 2.45) is 0 Å². The smallest absolute Gasteiger partial charge is 0.337 e. The number of carbonyl (C=O) groups is 1. The molecule has 1 aromatic heterocycles. The van der Waals surface area contributed by atoms with Crippen LogP contribution in [0.25, 0.3) is 0 Å². The van der Waals surface area contributed by atoms with Gasteiger partial charge < -0.3 is 15.6 Å². The highest BCUT2D eigenvalue weighted by Crippen LogP contribution is 2.33. The van der Waals surface area contributed by atoms with E-state index in [9.17, 15) is 4.79 Å². The number of pyridine rings is 1. The van der Waals surface area contributed by atoms with Crippen molar-refractivity contribution in [1.82, 2.24) is 4.98 Å². The predicted octanol–water partition coefficient (Wildman–Crippen LogP) is 1.63. The summed E-state index contributed by atoms with van der Waals surface area (Å²) in [6.07, 6.45) is 3.38. The van der Waals surface area contributed by atoms with E-state index in [2.05, 4.69) is 4.98 Å². The summed E-state index contributed by atoms with van der Waals surface area (Å²) in [6, 6.07) is 1.42. The fourth-order valence-electron chi connectivity index (χ4n) is 1.69. The third kappa shape index (κ3) is 2.89. The zero-order chi connectivity index (χ0) is 12.3.